The molecule has 1 aromatic rings. The third-order valence-electron chi connectivity index (χ3n) is 5.01. The Kier molecular flexibility index (Phi) is 12.9. The van der Waals surface area contributed by atoms with Gasteiger partial charge >= 0.3 is 11.9 Å². The van der Waals surface area contributed by atoms with Gasteiger partial charge in [-0.15, -0.1) is 0 Å². The first-order chi connectivity index (χ1) is 17.3. The number of carboxylic acids is 2. The van der Waals surface area contributed by atoms with Crippen molar-refractivity contribution >= 4 is 47.3 Å². The maximum Gasteiger partial charge on any atom is 0.326 e. The van der Waals surface area contributed by atoms with E-state index in [1.807, 2.05) is 6.26 Å². The lowest BCUT2D eigenvalue weighted by molar-refractivity contribution is -0.144. The van der Waals surface area contributed by atoms with Crippen molar-refractivity contribution < 1.29 is 44.1 Å². The molecule has 0 aliphatic rings. The van der Waals surface area contributed by atoms with Crippen molar-refractivity contribution in [1.29, 1.82) is 0 Å². The highest BCUT2D eigenvalue weighted by Crippen LogP contribution is 2.12. The van der Waals surface area contributed by atoms with Crippen LogP contribution >= 0.6 is 11.8 Å². The summed E-state index contributed by atoms with van der Waals surface area (Å²) in [5.74, 6) is -6.27. The van der Waals surface area contributed by atoms with E-state index in [1.54, 1.807) is 0 Å². The summed E-state index contributed by atoms with van der Waals surface area (Å²) >= 11 is 1.44. The van der Waals surface area contributed by atoms with Gasteiger partial charge in [0.2, 0.25) is 23.6 Å². The van der Waals surface area contributed by atoms with E-state index >= 15 is 0 Å². The molecule has 4 atom stereocenters. The second kappa shape index (κ2) is 15.3. The second-order valence-corrected chi connectivity index (χ2v) is 9.03. The molecule has 37 heavy (non-hydrogen) atoms. The van der Waals surface area contributed by atoms with E-state index in [2.05, 4.69) is 16.0 Å². The fraction of sp³-hybridized carbons (Fsp3) is 0.455. The molecular formula is C22H31N5O9S. The van der Waals surface area contributed by atoms with Crippen LogP contribution in [0.1, 0.15) is 24.8 Å². The Balaban J connectivity index is 3.15. The molecule has 4 unspecified atom stereocenters. The Morgan fingerprint density at radius 3 is 1.92 bits per heavy atom. The number of hydrogen-bond acceptors (Lipinski definition) is 9. The summed E-state index contributed by atoms with van der Waals surface area (Å²) in [7, 11) is 0. The summed E-state index contributed by atoms with van der Waals surface area (Å²) < 4.78 is 0. The number of phenols is 1. The number of carbonyl (C=O) groups excluding carboxylic acids is 4. The number of aromatic hydroxyl groups is 1. The molecule has 0 saturated carbocycles. The van der Waals surface area contributed by atoms with Crippen LogP contribution in [0, 0.1) is 0 Å². The Morgan fingerprint density at radius 1 is 0.865 bits per heavy atom. The van der Waals surface area contributed by atoms with Gasteiger partial charge in [-0.2, -0.15) is 11.8 Å². The Hall–Kier alpha value is -3.85. The third-order valence-corrected chi connectivity index (χ3v) is 5.65. The van der Waals surface area contributed by atoms with Crippen LogP contribution in [-0.4, -0.2) is 87.1 Å². The van der Waals surface area contributed by atoms with Gasteiger partial charge < -0.3 is 42.7 Å². The average molecular weight is 542 g/mol. The van der Waals surface area contributed by atoms with Gasteiger partial charge in [0.25, 0.3) is 0 Å². The van der Waals surface area contributed by atoms with Crippen LogP contribution < -0.4 is 27.4 Å². The van der Waals surface area contributed by atoms with Crippen molar-refractivity contribution in [3.63, 3.8) is 0 Å². The maximum atomic E-state index is 13.0. The number of carbonyl (C=O) groups is 6. The molecule has 0 saturated heterocycles. The Bertz CT molecular complexity index is 989. The van der Waals surface area contributed by atoms with Gasteiger partial charge in [0, 0.05) is 6.42 Å². The molecule has 0 radical (unpaired) electrons. The van der Waals surface area contributed by atoms with Crippen LogP contribution in [0.4, 0.5) is 0 Å². The average Bonchev–Trinajstić information content (AvgIpc) is 2.81. The number of primary amides is 1. The number of phenolic OH excluding ortho intramolecular Hbond substituents is 1. The van der Waals surface area contributed by atoms with Gasteiger partial charge in [0.15, 0.2) is 0 Å². The predicted molar refractivity (Wildman–Crippen MR) is 132 cm³/mol. The van der Waals surface area contributed by atoms with Crippen molar-refractivity contribution in [3.05, 3.63) is 29.8 Å². The summed E-state index contributed by atoms with van der Waals surface area (Å²) in [6.07, 6.45) is 0.341. The molecule has 0 aromatic heterocycles. The number of nitrogens with one attached hydrogen (secondary N) is 3. The van der Waals surface area contributed by atoms with Crippen molar-refractivity contribution in [3.8, 4) is 5.75 Å². The predicted octanol–water partition coefficient (Wildman–Crippen LogP) is -2.10. The highest BCUT2D eigenvalue weighted by molar-refractivity contribution is 7.98. The van der Waals surface area contributed by atoms with Crippen LogP contribution in [0.15, 0.2) is 24.3 Å². The van der Waals surface area contributed by atoms with E-state index in [0.717, 1.165) is 0 Å². The molecule has 0 heterocycles. The quantitative estimate of drug-likeness (QED) is 0.112. The molecule has 10 N–H and O–H groups in total. The lowest BCUT2D eigenvalue weighted by Gasteiger charge is -2.24. The number of rotatable bonds is 16. The minimum absolute atomic E-state index is 0.0665. The zero-order chi connectivity index (χ0) is 28.1. The van der Waals surface area contributed by atoms with E-state index in [1.165, 1.54) is 36.0 Å². The molecule has 0 fully saturated rings. The van der Waals surface area contributed by atoms with Crippen molar-refractivity contribution in [2.24, 2.45) is 11.5 Å². The largest absolute Gasteiger partial charge is 0.508 e. The zero-order valence-electron chi connectivity index (χ0n) is 20.0. The third kappa shape index (κ3) is 11.6. The SMILES string of the molecule is CSCCC(N)C(=O)NC(CC(=O)O)C(=O)NC(Cc1ccc(O)cc1)C(=O)NC(CC(N)=O)C(=O)O. The normalized spacial score (nSPS) is 13.9. The lowest BCUT2D eigenvalue weighted by Crippen LogP contribution is -2.58. The van der Waals surface area contributed by atoms with Gasteiger partial charge in [-0.25, -0.2) is 4.79 Å². The minimum atomic E-state index is -1.69. The molecule has 0 spiro atoms. The first-order valence-electron chi connectivity index (χ1n) is 11.0. The van der Waals surface area contributed by atoms with E-state index in [-0.39, 0.29) is 18.6 Å². The van der Waals surface area contributed by atoms with Crippen LogP contribution in [-0.2, 0) is 35.2 Å². The number of amides is 4. The molecule has 0 aliphatic heterocycles. The first-order valence-corrected chi connectivity index (χ1v) is 12.4. The molecule has 4 amide bonds. The summed E-state index contributed by atoms with van der Waals surface area (Å²) in [5.41, 5.74) is 11.3. The van der Waals surface area contributed by atoms with E-state index < -0.39 is 72.6 Å². The van der Waals surface area contributed by atoms with Crippen LogP contribution in [0.5, 0.6) is 5.75 Å². The van der Waals surface area contributed by atoms with Crippen molar-refractivity contribution in [2.45, 2.75) is 49.9 Å². The maximum absolute atomic E-state index is 13.0. The number of hydrogen-bond donors (Lipinski definition) is 8. The highest BCUT2D eigenvalue weighted by Gasteiger charge is 2.32. The van der Waals surface area contributed by atoms with Gasteiger partial charge in [-0.05, 0) is 36.1 Å². The fourth-order valence-electron chi connectivity index (χ4n) is 3.06. The zero-order valence-corrected chi connectivity index (χ0v) is 20.8. The molecule has 15 heteroatoms. The Morgan fingerprint density at radius 2 is 1.41 bits per heavy atom. The first kappa shape index (κ1) is 31.2. The molecule has 1 rings (SSSR count). The summed E-state index contributed by atoms with van der Waals surface area (Å²) in [6.45, 7) is 0. The highest BCUT2D eigenvalue weighted by atomic mass is 32.2. The summed E-state index contributed by atoms with van der Waals surface area (Å²) in [5, 5.41) is 34.7. The number of thioether (sulfide) groups is 1. The fourth-order valence-corrected chi connectivity index (χ4v) is 3.55. The summed E-state index contributed by atoms with van der Waals surface area (Å²) in [6, 6.07) is -0.203. The standard InChI is InChI=1S/C22H31N5O9S/c1-37-7-6-13(23)19(32)25-15(10-18(30)31)21(34)26-14(8-11-2-4-12(28)5-3-11)20(33)27-16(22(35)36)9-17(24)29/h2-5,13-16,28H,6-10,23H2,1H3,(H2,24,29)(H,25,32)(H,26,34)(H,27,33)(H,30,31)(H,35,36). The number of carboxylic acid groups (broad SMARTS) is 2. The second-order valence-electron chi connectivity index (χ2n) is 8.05. The van der Waals surface area contributed by atoms with Gasteiger partial charge in [0.1, 0.15) is 23.9 Å². The van der Waals surface area contributed by atoms with Gasteiger partial charge in [0.05, 0.1) is 18.9 Å². The smallest absolute Gasteiger partial charge is 0.326 e. The van der Waals surface area contributed by atoms with Gasteiger partial charge in [-0.3, -0.25) is 24.0 Å². The molecule has 1 aromatic carbocycles. The molecule has 14 nitrogen and oxygen atoms in total. The monoisotopic (exact) mass is 541 g/mol. The topological polar surface area (TPSA) is 251 Å². The van der Waals surface area contributed by atoms with Gasteiger partial charge in [-0.1, -0.05) is 12.1 Å². The molecule has 0 bridgehead atoms. The lowest BCUT2D eigenvalue weighted by atomic mass is 10.0. The molecular weight excluding hydrogens is 510 g/mol. The van der Waals surface area contributed by atoms with Crippen LogP contribution in [0.2, 0.25) is 0 Å². The minimum Gasteiger partial charge on any atom is -0.508 e. The van der Waals surface area contributed by atoms with E-state index in [9.17, 15) is 44.1 Å². The van der Waals surface area contributed by atoms with Crippen molar-refractivity contribution in [2.75, 3.05) is 12.0 Å². The van der Waals surface area contributed by atoms with Crippen LogP contribution in [0.3, 0.4) is 0 Å². The number of aliphatic carboxylic acids is 2. The number of nitrogens with two attached hydrogens (primary N) is 2. The van der Waals surface area contributed by atoms with E-state index in [0.29, 0.717) is 11.3 Å². The molecule has 0 aliphatic carbocycles. The number of benzene rings is 1. The van der Waals surface area contributed by atoms with Crippen LogP contribution in [0.25, 0.3) is 0 Å². The molecule has 204 valence electrons. The van der Waals surface area contributed by atoms with E-state index in [4.69, 9.17) is 11.5 Å². The Labute approximate surface area is 216 Å². The van der Waals surface area contributed by atoms with Crippen molar-refractivity contribution in [1.82, 2.24) is 16.0 Å². The summed E-state index contributed by atoms with van der Waals surface area (Å²) in [4.78, 5) is 72.2.